The van der Waals surface area contributed by atoms with Crippen LogP contribution in [0.1, 0.15) is 12.0 Å². The summed E-state index contributed by atoms with van der Waals surface area (Å²) >= 11 is 7.33. The van der Waals surface area contributed by atoms with Crippen molar-refractivity contribution in [2.45, 2.75) is 11.4 Å². The number of anilines is 1. The number of nitriles is 1. The van der Waals surface area contributed by atoms with E-state index in [0.717, 1.165) is 11.3 Å². The van der Waals surface area contributed by atoms with Crippen molar-refractivity contribution in [3.8, 4) is 28.8 Å². The average Bonchev–Trinajstić information content (AvgIpc) is 2.79. The first kappa shape index (κ1) is 21.0. The van der Waals surface area contributed by atoms with Crippen LogP contribution in [0.3, 0.4) is 0 Å². The summed E-state index contributed by atoms with van der Waals surface area (Å²) in [6.07, 6.45) is 0.275. The molecule has 0 unspecified atom stereocenters. The molecule has 0 saturated carbocycles. The summed E-state index contributed by atoms with van der Waals surface area (Å²) in [7, 11) is 0. The first-order chi connectivity index (χ1) is 15.1. The Bertz CT molecular complexity index is 1150. The highest BCUT2D eigenvalue weighted by Gasteiger charge is 2.13. The molecule has 0 spiro atoms. The van der Waals surface area contributed by atoms with E-state index in [1.54, 1.807) is 42.5 Å². The topological polar surface area (TPSA) is 84.2 Å². The number of fused-ring (bicyclic) bond motifs is 1. The number of carbonyl (C=O) groups is 1. The molecule has 2 aromatic carbocycles. The lowest BCUT2D eigenvalue weighted by molar-refractivity contribution is -0.115. The number of carbonyl (C=O) groups excluding carboxylic acids is 1. The van der Waals surface area contributed by atoms with Gasteiger partial charge >= 0.3 is 0 Å². The summed E-state index contributed by atoms with van der Waals surface area (Å²) in [6.45, 7) is 1.01. The van der Waals surface area contributed by atoms with E-state index >= 15 is 0 Å². The molecular formula is C23H18ClN3O3S. The van der Waals surface area contributed by atoms with Crippen LogP contribution in [0.25, 0.3) is 11.3 Å². The number of hydrogen-bond acceptors (Lipinski definition) is 6. The molecule has 0 atom stereocenters. The summed E-state index contributed by atoms with van der Waals surface area (Å²) in [5.74, 6) is 1.66. The van der Waals surface area contributed by atoms with Gasteiger partial charge in [-0.1, -0.05) is 23.7 Å². The quantitative estimate of drug-likeness (QED) is 0.521. The molecular weight excluding hydrogens is 434 g/mol. The van der Waals surface area contributed by atoms with Crippen LogP contribution in [-0.2, 0) is 4.79 Å². The van der Waals surface area contributed by atoms with E-state index in [1.165, 1.54) is 11.8 Å². The third-order valence-corrected chi connectivity index (χ3v) is 5.76. The average molecular weight is 452 g/mol. The van der Waals surface area contributed by atoms with E-state index in [0.29, 0.717) is 51.8 Å². The molecule has 31 heavy (non-hydrogen) atoms. The van der Waals surface area contributed by atoms with E-state index in [1.807, 2.05) is 12.1 Å². The Morgan fingerprint density at radius 1 is 1.10 bits per heavy atom. The maximum absolute atomic E-state index is 12.4. The smallest absolute Gasteiger partial charge is 0.225 e. The highest BCUT2D eigenvalue weighted by molar-refractivity contribution is 7.99. The fourth-order valence-corrected chi connectivity index (χ4v) is 4.04. The largest absolute Gasteiger partial charge is 0.486 e. The van der Waals surface area contributed by atoms with Crippen LogP contribution in [0.5, 0.6) is 11.5 Å². The molecule has 0 saturated heterocycles. The SMILES string of the molecule is N#Cc1ccc(-c2ccc(Cl)cc2)nc1SCCC(=O)Nc1ccc2c(c1)OCCO2. The van der Waals surface area contributed by atoms with Gasteiger partial charge in [0.1, 0.15) is 24.3 Å². The number of nitrogens with one attached hydrogen (secondary N) is 1. The van der Waals surface area contributed by atoms with Gasteiger partial charge in [-0.2, -0.15) is 5.26 Å². The normalized spacial score (nSPS) is 12.1. The van der Waals surface area contributed by atoms with Gasteiger partial charge in [0.15, 0.2) is 11.5 Å². The lowest BCUT2D eigenvalue weighted by Crippen LogP contribution is -2.16. The van der Waals surface area contributed by atoms with Gasteiger partial charge in [-0.05, 0) is 36.4 Å². The summed E-state index contributed by atoms with van der Waals surface area (Å²) in [5, 5.41) is 13.5. The minimum atomic E-state index is -0.128. The maximum Gasteiger partial charge on any atom is 0.225 e. The van der Waals surface area contributed by atoms with Gasteiger partial charge in [-0.15, -0.1) is 11.8 Å². The highest BCUT2D eigenvalue weighted by Crippen LogP contribution is 2.33. The second-order valence-corrected chi connectivity index (χ2v) is 8.19. The van der Waals surface area contributed by atoms with E-state index in [9.17, 15) is 10.1 Å². The minimum Gasteiger partial charge on any atom is -0.486 e. The van der Waals surface area contributed by atoms with E-state index < -0.39 is 0 Å². The molecule has 1 aliphatic heterocycles. The van der Waals surface area contributed by atoms with E-state index in [2.05, 4.69) is 16.4 Å². The fraction of sp³-hybridized carbons (Fsp3) is 0.174. The first-order valence-corrected chi connectivity index (χ1v) is 11.0. The number of amides is 1. The highest BCUT2D eigenvalue weighted by atomic mass is 35.5. The monoisotopic (exact) mass is 451 g/mol. The summed E-state index contributed by atoms with van der Waals surface area (Å²) in [6, 6.07) is 18.4. The molecule has 3 aromatic rings. The number of halogens is 1. The molecule has 156 valence electrons. The molecule has 4 rings (SSSR count). The Labute approximate surface area is 189 Å². The van der Waals surface area contributed by atoms with Crippen LogP contribution in [0.2, 0.25) is 5.02 Å². The van der Waals surface area contributed by atoms with Crippen molar-refractivity contribution in [2.75, 3.05) is 24.3 Å². The second kappa shape index (κ2) is 9.73. The molecule has 1 aliphatic rings. The zero-order valence-electron chi connectivity index (χ0n) is 16.4. The Kier molecular flexibility index (Phi) is 6.60. The van der Waals surface area contributed by atoms with Crippen LogP contribution in [0.15, 0.2) is 59.6 Å². The standard InChI is InChI=1S/C23H18ClN3O3S/c24-17-4-1-15(2-5-17)19-7-3-16(14-25)23(27-19)31-12-9-22(28)26-18-6-8-20-21(13-18)30-11-10-29-20/h1-8,13H,9-12H2,(H,26,28). The van der Waals surface area contributed by atoms with Gasteiger partial charge in [0.25, 0.3) is 0 Å². The van der Waals surface area contributed by atoms with Crippen molar-refractivity contribution in [1.29, 1.82) is 5.26 Å². The third-order valence-electron chi connectivity index (χ3n) is 4.51. The number of aromatic nitrogens is 1. The summed E-state index contributed by atoms with van der Waals surface area (Å²) < 4.78 is 11.0. The van der Waals surface area contributed by atoms with E-state index in [-0.39, 0.29) is 12.3 Å². The Hall–Kier alpha value is -3.21. The molecule has 0 aliphatic carbocycles. The number of benzene rings is 2. The number of hydrogen-bond donors (Lipinski definition) is 1. The van der Waals surface area contributed by atoms with Crippen molar-refractivity contribution in [3.05, 3.63) is 65.2 Å². The van der Waals surface area contributed by atoms with E-state index in [4.69, 9.17) is 21.1 Å². The van der Waals surface area contributed by atoms with Gasteiger partial charge in [0.2, 0.25) is 5.91 Å². The van der Waals surface area contributed by atoms with Gasteiger partial charge in [-0.25, -0.2) is 4.98 Å². The van der Waals surface area contributed by atoms with Crippen molar-refractivity contribution in [3.63, 3.8) is 0 Å². The second-order valence-electron chi connectivity index (χ2n) is 6.67. The van der Waals surface area contributed by atoms with Crippen molar-refractivity contribution >= 4 is 35.0 Å². The van der Waals surface area contributed by atoms with Crippen LogP contribution in [-0.4, -0.2) is 29.9 Å². The van der Waals surface area contributed by atoms with Gasteiger partial charge < -0.3 is 14.8 Å². The molecule has 6 nitrogen and oxygen atoms in total. The maximum atomic E-state index is 12.4. The number of nitrogens with zero attached hydrogens (tertiary/aromatic N) is 2. The van der Waals surface area contributed by atoms with Gasteiger partial charge in [0.05, 0.1) is 11.3 Å². The Morgan fingerprint density at radius 2 is 1.87 bits per heavy atom. The van der Waals surface area contributed by atoms with Crippen molar-refractivity contribution < 1.29 is 14.3 Å². The van der Waals surface area contributed by atoms with Crippen molar-refractivity contribution in [1.82, 2.24) is 4.98 Å². The lowest BCUT2D eigenvalue weighted by Gasteiger charge is -2.19. The molecule has 2 heterocycles. The van der Waals surface area contributed by atoms with Crippen molar-refractivity contribution in [2.24, 2.45) is 0 Å². The predicted octanol–water partition coefficient (Wildman–Crippen LogP) is 5.17. The fourth-order valence-electron chi connectivity index (χ4n) is 3.00. The van der Waals surface area contributed by atoms with Crippen LogP contribution >= 0.6 is 23.4 Å². The van der Waals surface area contributed by atoms with Gasteiger partial charge in [0, 0.05) is 34.5 Å². The molecule has 8 heteroatoms. The van der Waals surface area contributed by atoms with Gasteiger partial charge in [-0.3, -0.25) is 4.79 Å². The molecule has 1 amide bonds. The van der Waals surface area contributed by atoms with Crippen LogP contribution < -0.4 is 14.8 Å². The number of thioether (sulfide) groups is 1. The number of rotatable bonds is 6. The molecule has 1 N–H and O–H groups in total. The van der Waals surface area contributed by atoms with Crippen LogP contribution in [0.4, 0.5) is 5.69 Å². The van der Waals surface area contributed by atoms with Crippen LogP contribution in [0, 0.1) is 11.3 Å². The number of ether oxygens (including phenoxy) is 2. The molecule has 0 fully saturated rings. The lowest BCUT2D eigenvalue weighted by atomic mass is 10.1. The number of pyridine rings is 1. The summed E-state index contributed by atoms with van der Waals surface area (Å²) in [5.41, 5.74) is 2.79. The minimum absolute atomic E-state index is 0.128. The zero-order chi connectivity index (χ0) is 21.6. The molecule has 0 bridgehead atoms. The Morgan fingerprint density at radius 3 is 2.65 bits per heavy atom. The summed E-state index contributed by atoms with van der Waals surface area (Å²) in [4.78, 5) is 17.0. The molecule has 1 aromatic heterocycles. The Balaban J connectivity index is 1.37. The third kappa shape index (κ3) is 5.29. The molecule has 0 radical (unpaired) electrons. The predicted molar refractivity (Wildman–Crippen MR) is 121 cm³/mol. The zero-order valence-corrected chi connectivity index (χ0v) is 18.0. The first-order valence-electron chi connectivity index (χ1n) is 9.62.